The molecule has 0 aliphatic rings. The molecule has 0 saturated carbocycles. The van der Waals surface area contributed by atoms with Gasteiger partial charge >= 0.3 is 0 Å². The minimum absolute atomic E-state index is 0.0892. The minimum Gasteiger partial charge on any atom is -0.490 e. The lowest BCUT2D eigenvalue weighted by molar-refractivity contribution is -0.118. The highest BCUT2D eigenvalue weighted by Gasteiger charge is 2.10. The number of anilines is 2. The first-order valence-corrected chi connectivity index (χ1v) is 10.5. The summed E-state index contributed by atoms with van der Waals surface area (Å²) in [6.07, 6.45) is 0. The van der Waals surface area contributed by atoms with Crippen LogP contribution in [0.15, 0.2) is 60.7 Å². The Morgan fingerprint density at radius 1 is 0.871 bits per heavy atom. The van der Waals surface area contributed by atoms with Crippen LogP contribution in [-0.2, 0) is 11.3 Å². The van der Waals surface area contributed by atoms with Crippen LogP contribution in [0.2, 0.25) is 0 Å². The van der Waals surface area contributed by atoms with Crippen molar-refractivity contribution in [2.24, 2.45) is 0 Å². The smallest absolute Gasteiger partial charge is 0.262 e. The zero-order chi connectivity index (χ0) is 22.2. The van der Waals surface area contributed by atoms with Crippen molar-refractivity contribution >= 4 is 17.3 Å². The van der Waals surface area contributed by atoms with Crippen molar-refractivity contribution in [2.45, 2.75) is 34.2 Å². The van der Waals surface area contributed by atoms with Gasteiger partial charge in [0.1, 0.15) is 0 Å². The Morgan fingerprint density at radius 3 is 2.45 bits per heavy atom. The molecule has 0 atom stereocenters. The molecule has 0 fully saturated rings. The van der Waals surface area contributed by atoms with Gasteiger partial charge in [-0.05, 0) is 80.3 Å². The summed E-state index contributed by atoms with van der Waals surface area (Å²) >= 11 is 0. The van der Waals surface area contributed by atoms with Gasteiger partial charge in [-0.25, -0.2) is 0 Å². The van der Waals surface area contributed by atoms with E-state index >= 15 is 0 Å². The van der Waals surface area contributed by atoms with Crippen LogP contribution in [0.25, 0.3) is 0 Å². The molecule has 0 radical (unpaired) electrons. The summed E-state index contributed by atoms with van der Waals surface area (Å²) in [5, 5.41) is 6.33. The molecular weight excluding hydrogens is 388 g/mol. The second-order valence-corrected chi connectivity index (χ2v) is 7.59. The Kier molecular flexibility index (Phi) is 7.55. The third kappa shape index (κ3) is 6.51. The van der Waals surface area contributed by atoms with E-state index in [9.17, 15) is 4.79 Å². The van der Waals surface area contributed by atoms with E-state index in [-0.39, 0.29) is 12.5 Å². The van der Waals surface area contributed by atoms with E-state index in [1.165, 1.54) is 11.1 Å². The predicted molar refractivity (Wildman–Crippen MR) is 126 cm³/mol. The maximum atomic E-state index is 12.3. The van der Waals surface area contributed by atoms with E-state index < -0.39 is 0 Å². The molecule has 5 heteroatoms. The van der Waals surface area contributed by atoms with Gasteiger partial charge in [0.25, 0.3) is 5.91 Å². The van der Waals surface area contributed by atoms with Gasteiger partial charge in [-0.1, -0.05) is 30.3 Å². The molecule has 3 rings (SSSR count). The maximum Gasteiger partial charge on any atom is 0.262 e. The number of carbonyl (C=O) groups excluding carboxylic acids is 1. The summed E-state index contributed by atoms with van der Waals surface area (Å²) in [5.41, 5.74) is 6.45. The zero-order valence-electron chi connectivity index (χ0n) is 18.6. The van der Waals surface area contributed by atoms with Crippen LogP contribution in [0, 0.1) is 20.8 Å². The third-order valence-electron chi connectivity index (χ3n) is 4.84. The summed E-state index contributed by atoms with van der Waals surface area (Å²) in [6, 6.07) is 19.8. The van der Waals surface area contributed by atoms with Crippen molar-refractivity contribution in [3.8, 4) is 11.5 Å². The average molecular weight is 419 g/mol. The van der Waals surface area contributed by atoms with Gasteiger partial charge in [0.15, 0.2) is 18.1 Å². The zero-order valence-corrected chi connectivity index (χ0v) is 18.6. The number of benzene rings is 3. The van der Waals surface area contributed by atoms with Crippen LogP contribution < -0.4 is 20.1 Å². The first-order valence-electron chi connectivity index (χ1n) is 10.5. The van der Waals surface area contributed by atoms with Crippen molar-refractivity contribution in [1.82, 2.24) is 0 Å². The number of aryl methyl sites for hydroxylation is 3. The van der Waals surface area contributed by atoms with Crippen LogP contribution in [0.5, 0.6) is 11.5 Å². The molecule has 31 heavy (non-hydrogen) atoms. The molecule has 1 amide bonds. The topological polar surface area (TPSA) is 59.6 Å². The molecule has 5 nitrogen and oxygen atoms in total. The predicted octanol–water partition coefficient (Wildman–Crippen LogP) is 5.64. The van der Waals surface area contributed by atoms with E-state index in [4.69, 9.17) is 9.47 Å². The van der Waals surface area contributed by atoms with Gasteiger partial charge in [-0.15, -0.1) is 0 Å². The number of nitrogens with one attached hydrogen (secondary N) is 2. The molecule has 0 bridgehead atoms. The molecule has 3 aromatic carbocycles. The lowest BCUT2D eigenvalue weighted by Crippen LogP contribution is -2.20. The maximum absolute atomic E-state index is 12.3. The fourth-order valence-electron chi connectivity index (χ4n) is 3.24. The lowest BCUT2D eigenvalue weighted by atomic mass is 10.1. The molecule has 3 aromatic rings. The number of amides is 1. The number of carbonyl (C=O) groups is 1. The van der Waals surface area contributed by atoms with E-state index in [1.807, 2.05) is 56.3 Å². The van der Waals surface area contributed by atoms with E-state index in [0.717, 1.165) is 22.5 Å². The first-order chi connectivity index (χ1) is 14.9. The monoisotopic (exact) mass is 418 g/mol. The molecule has 2 N–H and O–H groups in total. The molecule has 0 unspecified atom stereocenters. The first kappa shape index (κ1) is 22.2. The second kappa shape index (κ2) is 10.5. The van der Waals surface area contributed by atoms with Gasteiger partial charge < -0.3 is 20.1 Å². The summed E-state index contributed by atoms with van der Waals surface area (Å²) in [5.74, 6) is 0.969. The number of hydrogen-bond donors (Lipinski definition) is 2. The SMILES string of the molecule is CCOc1cc(CNc2cc(C)ccc2C)ccc1OCC(=O)Nc1cccc(C)c1. The third-order valence-corrected chi connectivity index (χ3v) is 4.84. The standard InChI is InChI=1S/C26H30N2O3/c1-5-30-25-15-21(16-27-23-14-19(3)9-10-20(23)4)11-12-24(25)31-17-26(29)28-22-8-6-7-18(2)13-22/h6-15,27H,5,16-17H2,1-4H3,(H,28,29). The highest BCUT2D eigenvalue weighted by atomic mass is 16.5. The molecular formula is C26H30N2O3. The minimum atomic E-state index is -0.214. The molecule has 0 spiro atoms. The molecule has 0 aliphatic carbocycles. The van der Waals surface area contributed by atoms with Gasteiger partial charge in [0.05, 0.1) is 6.61 Å². The number of hydrogen-bond acceptors (Lipinski definition) is 4. The number of rotatable bonds is 9. The molecule has 162 valence electrons. The van der Waals surface area contributed by atoms with Gasteiger partial charge in [0, 0.05) is 17.9 Å². The van der Waals surface area contributed by atoms with Gasteiger partial charge in [0.2, 0.25) is 0 Å². The van der Waals surface area contributed by atoms with Crippen molar-refractivity contribution in [1.29, 1.82) is 0 Å². The Hall–Kier alpha value is -3.47. The molecule has 0 aliphatic heterocycles. The van der Waals surface area contributed by atoms with Crippen molar-refractivity contribution in [3.05, 3.63) is 82.9 Å². The van der Waals surface area contributed by atoms with Gasteiger partial charge in [-0.3, -0.25) is 4.79 Å². The second-order valence-electron chi connectivity index (χ2n) is 7.59. The molecule has 0 aromatic heterocycles. The van der Waals surface area contributed by atoms with E-state index in [0.29, 0.717) is 24.7 Å². The largest absolute Gasteiger partial charge is 0.490 e. The highest BCUT2D eigenvalue weighted by Crippen LogP contribution is 2.29. The Morgan fingerprint density at radius 2 is 1.68 bits per heavy atom. The Balaban J connectivity index is 1.62. The van der Waals surface area contributed by atoms with Crippen molar-refractivity contribution in [3.63, 3.8) is 0 Å². The van der Waals surface area contributed by atoms with Crippen LogP contribution in [0.3, 0.4) is 0 Å². The summed E-state index contributed by atoms with van der Waals surface area (Å²) in [7, 11) is 0. The summed E-state index contributed by atoms with van der Waals surface area (Å²) in [4.78, 5) is 12.3. The summed E-state index contributed by atoms with van der Waals surface area (Å²) in [6.45, 7) is 9.17. The van der Waals surface area contributed by atoms with Crippen LogP contribution in [0.4, 0.5) is 11.4 Å². The Bertz CT molecular complexity index is 1050. The average Bonchev–Trinajstić information content (AvgIpc) is 2.74. The quantitative estimate of drug-likeness (QED) is 0.472. The Labute approximate surface area is 184 Å². The summed E-state index contributed by atoms with van der Waals surface area (Å²) < 4.78 is 11.5. The van der Waals surface area contributed by atoms with Crippen LogP contribution in [0.1, 0.15) is 29.2 Å². The fourth-order valence-corrected chi connectivity index (χ4v) is 3.24. The van der Waals surface area contributed by atoms with Crippen LogP contribution in [-0.4, -0.2) is 19.1 Å². The van der Waals surface area contributed by atoms with Gasteiger partial charge in [-0.2, -0.15) is 0 Å². The van der Waals surface area contributed by atoms with Crippen molar-refractivity contribution < 1.29 is 14.3 Å². The highest BCUT2D eigenvalue weighted by molar-refractivity contribution is 5.92. The molecule has 0 saturated heterocycles. The van der Waals surface area contributed by atoms with Crippen LogP contribution >= 0.6 is 0 Å². The van der Waals surface area contributed by atoms with Crippen molar-refractivity contribution in [2.75, 3.05) is 23.8 Å². The van der Waals surface area contributed by atoms with E-state index in [2.05, 4.69) is 42.7 Å². The fraction of sp³-hybridized carbons (Fsp3) is 0.269. The number of ether oxygens (including phenoxy) is 2. The molecule has 0 heterocycles. The lowest BCUT2D eigenvalue weighted by Gasteiger charge is -2.15. The normalized spacial score (nSPS) is 10.5. The van der Waals surface area contributed by atoms with E-state index in [1.54, 1.807) is 0 Å².